The molecule has 0 aliphatic carbocycles. The lowest BCUT2D eigenvalue weighted by Crippen LogP contribution is -2.24. The van der Waals surface area contributed by atoms with Gasteiger partial charge in [-0.3, -0.25) is 0 Å². The summed E-state index contributed by atoms with van der Waals surface area (Å²) < 4.78 is 1.17. The third-order valence-corrected chi connectivity index (χ3v) is 4.05. The molecule has 0 spiro atoms. The lowest BCUT2D eigenvalue weighted by Gasteiger charge is -2.20. The van der Waals surface area contributed by atoms with Crippen LogP contribution in [0.4, 0.5) is 0 Å². The first kappa shape index (κ1) is 13.7. The molecule has 2 nitrogen and oxygen atoms in total. The predicted octanol–water partition coefficient (Wildman–Crippen LogP) is 2.78. The monoisotopic (exact) mass is 284 g/mol. The normalized spacial score (nSPS) is 13.1. The molecule has 1 aromatic rings. The van der Waals surface area contributed by atoms with E-state index in [0.717, 1.165) is 6.42 Å². The van der Waals surface area contributed by atoms with E-state index in [-0.39, 0.29) is 0 Å². The number of hydrogen-bond donors (Lipinski definition) is 2. The van der Waals surface area contributed by atoms with Gasteiger partial charge in [-0.25, -0.2) is 0 Å². The van der Waals surface area contributed by atoms with Gasteiger partial charge < -0.3 is 11.5 Å². The molecule has 4 N–H and O–H groups in total. The van der Waals surface area contributed by atoms with E-state index in [1.54, 1.807) is 0 Å². The zero-order valence-electron chi connectivity index (χ0n) is 10.0. The quantitative estimate of drug-likeness (QED) is 0.874. The predicted molar refractivity (Wildman–Crippen MR) is 73.5 cm³/mol. The van der Waals surface area contributed by atoms with Crippen LogP contribution in [0.15, 0.2) is 22.7 Å². The molecule has 1 atom stereocenters. The first-order valence-corrected chi connectivity index (χ1v) is 6.54. The molecular formula is C13H21BrN2. The second-order valence-corrected chi connectivity index (χ2v) is 5.28. The molecule has 1 rings (SSSR count). The molecular weight excluding hydrogens is 264 g/mol. The van der Waals surface area contributed by atoms with E-state index in [9.17, 15) is 0 Å². The van der Waals surface area contributed by atoms with Crippen LogP contribution in [0, 0.1) is 12.8 Å². The summed E-state index contributed by atoms with van der Waals surface area (Å²) in [7, 11) is 0. The molecule has 0 aliphatic rings. The molecule has 0 saturated carbocycles. The largest absolute Gasteiger partial charge is 0.330 e. The lowest BCUT2D eigenvalue weighted by molar-refractivity contribution is 0.464. The Morgan fingerprint density at radius 2 is 1.88 bits per heavy atom. The summed E-state index contributed by atoms with van der Waals surface area (Å²) in [6.07, 6.45) is 1.06. The van der Waals surface area contributed by atoms with Gasteiger partial charge in [-0.1, -0.05) is 35.0 Å². The molecule has 1 unspecified atom stereocenters. The van der Waals surface area contributed by atoms with Crippen LogP contribution in [0.3, 0.4) is 0 Å². The minimum atomic E-state index is 0.424. The van der Waals surface area contributed by atoms with Gasteiger partial charge >= 0.3 is 0 Å². The van der Waals surface area contributed by atoms with Gasteiger partial charge in [0.05, 0.1) is 0 Å². The van der Waals surface area contributed by atoms with Gasteiger partial charge in [0.15, 0.2) is 0 Å². The molecule has 16 heavy (non-hydrogen) atoms. The average molecular weight is 285 g/mol. The van der Waals surface area contributed by atoms with Crippen molar-refractivity contribution in [1.29, 1.82) is 0 Å². The fourth-order valence-corrected chi connectivity index (χ4v) is 2.46. The van der Waals surface area contributed by atoms with Crippen molar-refractivity contribution < 1.29 is 0 Å². The van der Waals surface area contributed by atoms with Crippen molar-refractivity contribution in [2.45, 2.75) is 26.2 Å². The fourth-order valence-electron chi connectivity index (χ4n) is 2.07. The number of benzene rings is 1. The minimum Gasteiger partial charge on any atom is -0.330 e. The highest BCUT2D eigenvalue weighted by atomic mass is 79.9. The van der Waals surface area contributed by atoms with E-state index < -0.39 is 0 Å². The van der Waals surface area contributed by atoms with E-state index in [0.29, 0.717) is 24.9 Å². The maximum Gasteiger partial charge on any atom is 0.0207 e. The van der Waals surface area contributed by atoms with E-state index in [1.807, 2.05) is 0 Å². The fraction of sp³-hybridized carbons (Fsp3) is 0.538. The molecule has 0 aromatic heterocycles. The summed E-state index contributed by atoms with van der Waals surface area (Å²) in [5.74, 6) is 0.933. The van der Waals surface area contributed by atoms with Gasteiger partial charge in [-0.05, 0) is 55.5 Å². The first-order valence-electron chi connectivity index (χ1n) is 5.75. The third-order valence-electron chi connectivity index (χ3n) is 3.19. The topological polar surface area (TPSA) is 52.0 Å². The summed E-state index contributed by atoms with van der Waals surface area (Å²) in [6, 6.07) is 6.35. The summed E-state index contributed by atoms with van der Waals surface area (Å²) in [6.45, 7) is 5.74. The highest BCUT2D eigenvalue weighted by Crippen LogP contribution is 2.29. The Kier molecular flexibility index (Phi) is 5.46. The number of nitrogens with two attached hydrogens (primary N) is 2. The Morgan fingerprint density at radius 1 is 1.25 bits per heavy atom. The third kappa shape index (κ3) is 3.30. The van der Waals surface area contributed by atoms with Crippen LogP contribution in [0.25, 0.3) is 0 Å². The van der Waals surface area contributed by atoms with E-state index in [4.69, 9.17) is 11.5 Å². The van der Waals surface area contributed by atoms with E-state index >= 15 is 0 Å². The number of hydrogen-bond acceptors (Lipinski definition) is 2. The number of rotatable bonds is 5. The van der Waals surface area contributed by atoms with Crippen molar-refractivity contribution in [2.24, 2.45) is 17.4 Å². The van der Waals surface area contributed by atoms with Crippen LogP contribution in [0.1, 0.15) is 30.4 Å². The minimum absolute atomic E-state index is 0.424. The van der Waals surface area contributed by atoms with Crippen molar-refractivity contribution in [2.75, 3.05) is 13.1 Å². The van der Waals surface area contributed by atoms with Crippen molar-refractivity contribution in [3.8, 4) is 0 Å². The van der Waals surface area contributed by atoms with Crippen LogP contribution >= 0.6 is 15.9 Å². The maximum atomic E-state index is 5.69. The molecule has 0 fully saturated rings. The van der Waals surface area contributed by atoms with Crippen molar-refractivity contribution in [3.63, 3.8) is 0 Å². The van der Waals surface area contributed by atoms with Gasteiger partial charge in [0, 0.05) is 4.47 Å². The molecule has 0 bridgehead atoms. The summed E-state index contributed by atoms with van der Waals surface area (Å²) in [4.78, 5) is 0. The average Bonchev–Trinajstić information content (AvgIpc) is 2.29. The molecule has 3 heteroatoms. The van der Waals surface area contributed by atoms with Crippen molar-refractivity contribution >= 4 is 15.9 Å². The van der Waals surface area contributed by atoms with Gasteiger partial charge in [0.1, 0.15) is 0 Å². The Hall–Kier alpha value is -0.380. The standard InChI is InChI=1S/C13H21BrN2/c1-9(6-11(7-15)8-16)12-4-3-5-13(14)10(12)2/h3-5,9,11H,6-8,15-16H2,1-2H3. The second-order valence-electron chi connectivity index (χ2n) is 4.43. The van der Waals surface area contributed by atoms with Gasteiger partial charge in [0.2, 0.25) is 0 Å². The Morgan fingerprint density at radius 3 is 2.44 bits per heavy atom. The van der Waals surface area contributed by atoms with E-state index in [2.05, 4.69) is 48.0 Å². The van der Waals surface area contributed by atoms with Gasteiger partial charge in [-0.15, -0.1) is 0 Å². The van der Waals surface area contributed by atoms with Crippen LogP contribution in [-0.2, 0) is 0 Å². The van der Waals surface area contributed by atoms with Crippen LogP contribution in [0.2, 0.25) is 0 Å². The zero-order valence-corrected chi connectivity index (χ0v) is 11.6. The summed E-state index contributed by atoms with van der Waals surface area (Å²) >= 11 is 3.57. The molecule has 0 heterocycles. The molecule has 0 radical (unpaired) electrons. The Balaban J connectivity index is 2.80. The zero-order chi connectivity index (χ0) is 12.1. The summed E-state index contributed by atoms with van der Waals surface area (Å²) in [5.41, 5.74) is 14.1. The lowest BCUT2D eigenvalue weighted by atomic mass is 9.88. The number of halogens is 1. The maximum absolute atomic E-state index is 5.69. The van der Waals surface area contributed by atoms with Crippen molar-refractivity contribution in [3.05, 3.63) is 33.8 Å². The molecule has 0 saturated heterocycles. The van der Waals surface area contributed by atoms with Crippen LogP contribution in [-0.4, -0.2) is 13.1 Å². The Labute approximate surface area is 107 Å². The van der Waals surface area contributed by atoms with Gasteiger partial charge in [0.25, 0.3) is 0 Å². The van der Waals surface area contributed by atoms with Gasteiger partial charge in [-0.2, -0.15) is 0 Å². The summed E-state index contributed by atoms with van der Waals surface area (Å²) in [5, 5.41) is 0. The highest BCUT2D eigenvalue weighted by molar-refractivity contribution is 9.10. The Bertz CT molecular complexity index is 335. The molecule has 90 valence electrons. The SMILES string of the molecule is Cc1c(Br)cccc1C(C)CC(CN)CN. The molecule has 1 aromatic carbocycles. The van der Waals surface area contributed by atoms with Crippen molar-refractivity contribution in [1.82, 2.24) is 0 Å². The second kappa shape index (κ2) is 6.38. The van der Waals surface area contributed by atoms with E-state index in [1.165, 1.54) is 15.6 Å². The van der Waals surface area contributed by atoms with Crippen LogP contribution < -0.4 is 11.5 Å². The smallest absolute Gasteiger partial charge is 0.0207 e. The van der Waals surface area contributed by atoms with Crippen LogP contribution in [0.5, 0.6) is 0 Å². The molecule has 0 aliphatic heterocycles. The highest BCUT2D eigenvalue weighted by Gasteiger charge is 2.14. The molecule has 0 amide bonds. The first-order chi connectivity index (χ1) is 7.60.